The lowest BCUT2D eigenvalue weighted by molar-refractivity contribution is -0.127. The SMILES string of the molecule is COc1ccccc1NC(=O)c1ccc(OC(C)C(=O)NN)cc1. The topological polar surface area (TPSA) is 103 Å². The van der Waals surface area contributed by atoms with Gasteiger partial charge in [0.05, 0.1) is 12.8 Å². The maximum atomic E-state index is 12.3. The van der Waals surface area contributed by atoms with Crippen molar-refractivity contribution < 1.29 is 19.1 Å². The summed E-state index contributed by atoms with van der Waals surface area (Å²) in [5, 5.41) is 2.78. The number of nitrogens with one attached hydrogen (secondary N) is 2. The van der Waals surface area contributed by atoms with Crippen molar-refractivity contribution in [2.75, 3.05) is 12.4 Å². The van der Waals surface area contributed by atoms with Gasteiger partial charge in [-0.1, -0.05) is 12.1 Å². The van der Waals surface area contributed by atoms with E-state index in [1.165, 1.54) is 7.11 Å². The van der Waals surface area contributed by atoms with E-state index in [2.05, 4.69) is 5.32 Å². The zero-order valence-corrected chi connectivity index (χ0v) is 13.4. The third-order valence-electron chi connectivity index (χ3n) is 3.30. The molecule has 2 aromatic carbocycles. The molecule has 0 heterocycles. The van der Waals surface area contributed by atoms with Gasteiger partial charge in [-0.15, -0.1) is 0 Å². The van der Waals surface area contributed by atoms with Crippen molar-refractivity contribution in [3.63, 3.8) is 0 Å². The van der Waals surface area contributed by atoms with Gasteiger partial charge in [0.1, 0.15) is 11.5 Å². The average molecular weight is 329 g/mol. The van der Waals surface area contributed by atoms with Crippen molar-refractivity contribution in [3.8, 4) is 11.5 Å². The van der Waals surface area contributed by atoms with Crippen LogP contribution in [0, 0.1) is 0 Å². The van der Waals surface area contributed by atoms with Gasteiger partial charge >= 0.3 is 0 Å². The third-order valence-corrected chi connectivity index (χ3v) is 3.30. The first-order valence-corrected chi connectivity index (χ1v) is 7.26. The van der Waals surface area contributed by atoms with Crippen molar-refractivity contribution in [3.05, 3.63) is 54.1 Å². The molecule has 0 bridgehead atoms. The van der Waals surface area contributed by atoms with E-state index in [4.69, 9.17) is 15.3 Å². The zero-order valence-electron chi connectivity index (χ0n) is 13.4. The van der Waals surface area contributed by atoms with E-state index in [9.17, 15) is 9.59 Å². The van der Waals surface area contributed by atoms with Gasteiger partial charge in [0.15, 0.2) is 6.10 Å². The van der Waals surface area contributed by atoms with Crippen molar-refractivity contribution >= 4 is 17.5 Å². The number of benzene rings is 2. The Kier molecular flexibility index (Phi) is 5.75. The molecule has 2 rings (SSSR count). The third kappa shape index (κ3) is 4.23. The van der Waals surface area contributed by atoms with Gasteiger partial charge in [0, 0.05) is 5.56 Å². The van der Waals surface area contributed by atoms with E-state index in [1.54, 1.807) is 49.4 Å². The number of hydrogen-bond acceptors (Lipinski definition) is 5. The minimum absolute atomic E-state index is 0.279. The van der Waals surface area contributed by atoms with E-state index in [0.29, 0.717) is 22.7 Å². The molecule has 1 atom stereocenters. The Hall–Kier alpha value is -3.06. The highest BCUT2D eigenvalue weighted by molar-refractivity contribution is 6.05. The monoisotopic (exact) mass is 329 g/mol. The minimum Gasteiger partial charge on any atom is -0.495 e. The predicted molar refractivity (Wildman–Crippen MR) is 89.8 cm³/mol. The molecule has 2 amide bonds. The van der Waals surface area contributed by atoms with Gasteiger partial charge in [0.25, 0.3) is 11.8 Å². The normalized spacial score (nSPS) is 11.3. The van der Waals surface area contributed by atoms with Gasteiger partial charge in [-0.2, -0.15) is 0 Å². The summed E-state index contributed by atoms with van der Waals surface area (Å²) in [4.78, 5) is 23.6. The standard InChI is InChI=1S/C17H19N3O4/c1-11(16(21)20-18)24-13-9-7-12(8-10-13)17(22)19-14-5-3-4-6-15(14)23-2/h3-11H,18H2,1-2H3,(H,19,22)(H,20,21). The lowest BCUT2D eigenvalue weighted by atomic mass is 10.2. The number of amides is 2. The van der Waals surface area contributed by atoms with Crippen molar-refractivity contribution in [2.45, 2.75) is 13.0 Å². The highest BCUT2D eigenvalue weighted by Crippen LogP contribution is 2.24. The molecule has 0 saturated heterocycles. The molecule has 126 valence electrons. The van der Waals surface area contributed by atoms with Crippen LogP contribution in [0.1, 0.15) is 17.3 Å². The highest BCUT2D eigenvalue weighted by atomic mass is 16.5. The van der Waals surface area contributed by atoms with Gasteiger partial charge in [0.2, 0.25) is 0 Å². The molecule has 0 spiro atoms. The maximum Gasteiger partial charge on any atom is 0.274 e. The second kappa shape index (κ2) is 7.98. The number of ether oxygens (including phenoxy) is 2. The van der Waals surface area contributed by atoms with Gasteiger partial charge in [-0.25, -0.2) is 5.84 Å². The molecular formula is C17H19N3O4. The molecule has 0 radical (unpaired) electrons. The molecule has 2 aromatic rings. The Morgan fingerprint density at radius 1 is 1.08 bits per heavy atom. The molecule has 0 aliphatic heterocycles. The number of nitrogens with two attached hydrogens (primary N) is 1. The molecule has 7 nitrogen and oxygen atoms in total. The Labute approximate surface area is 139 Å². The van der Waals surface area contributed by atoms with Crippen LogP contribution < -0.4 is 26.1 Å². The fraction of sp³-hybridized carbons (Fsp3) is 0.176. The van der Waals surface area contributed by atoms with Crippen LogP contribution in [0.3, 0.4) is 0 Å². The van der Waals surface area contributed by atoms with Crippen LogP contribution in [0.25, 0.3) is 0 Å². The Morgan fingerprint density at radius 3 is 2.38 bits per heavy atom. The molecule has 0 aliphatic carbocycles. The molecule has 0 saturated carbocycles. The minimum atomic E-state index is -0.733. The largest absolute Gasteiger partial charge is 0.495 e. The lowest BCUT2D eigenvalue weighted by Gasteiger charge is -2.13. The second-order valence-corrected chi connectivity index (χ2v) is 4.95. The summed E-state index contributed by atoms with van der Waals surface area (Å²) >= 11 is 0. The smallest absolute Gasteiger partial charge is 0.274 e. The summed E-state index contributed by atoms with van der Waals surface area (Å²) in [6, 6.07) is 13.6. The van der Waals surface area contributed by atoms with E-state index < -0.39 is 12.0 Å². The van der Waals surface area contributed by atoms with E-state index in [-0.39, 0.29) is 5.91 Å². The summed E-state index contributed by atoms with van der Waals surface area (Å²) in [5.41, 5.74) is 3.04. The summed E-state index contributed by atoms with van der Waals surface area (Å²) < 4.78 is 10.6. The molecular weight excluding hydrogens is 310 g/mol. The molecule has 7 heteroatoms. The molecule has 24 heavy (non-hydrogen) atoms. The number of hydrogen-bond donors (Lipinski definition) is 3. The molecule has 1 unspecified atom stereocenters. The Morgan fingerprint density at radius 2 is 1.75 bits per heavy atom. The number of para-hydroxylation sites is 2. The fourth-order valence-electron chi connectivity index (χ4n) is 2.00. The maximum absolute atomic E-state index is 12.3. The first kappa shape index (κ1) is 17.3. The summed E-state index contributed by atoms with van der Waals surface area (Å²) in [6.07, 6.45) is -0.733. The van der Waals surface area contributed by atoms with E-state index >= 15 is 0 Å². The highest BCUT2D eigenvalue weighted by Gasteiger charge is 2.14. The van der Waals surface area contributed by atoms with Crippen molar-refractivity contribution in [2.24, 2.45) is 5.84 Å². The molecule has 0 fully saturated rings. The van der Waals surface area contributed by atoms with Crippen LogP contribution in [0.5, 0.6) is 11.5 Å². The number of carbonyl (C=O) groups is 2. The first-order valence-electron chi connectivity index (χ1n) is 7.26. The fourth-order valence-corrected chi connectivity index (χ4v) is 2.00. The number of rotatable bonds is 6. The molecule has 0 aliphatic rings. The number of methoxy groups -OCH3 is 1. The summed E-state index contributed by atoms with van der Waals surface area (Å²) in [6.45, 7) is 1.57. The number of hydrazine groups is 1. The van der Waals surface area contributed by atoms with E-state index in [1.807, 2.05) is 11.5 Å². The van der Waals surface area contributed by atoms with Gasteiger partial charge in [-0.05, 0) is 43.3 Å². The van der Waals surface area contributed by atoms with Crippen LogP contribution in [0.15, 0.2) is 48.5 Å². The number of carbonyl (C=O) groups excluding carboxylic acids is 2. The summed E-state index contributed by atoms with van der Waals surface area (Å²) in [5.74, 6) is 5.36. The van der Waals surface area contributed by atoms with Crippen LogP contribution in [-0.4, -0.2) is 25.0 Å². The average Bonchev–Trinajstić information content (AvgIpc) is 2.61. The Balaban J connectivity index is 2.05. The van der Waals surface area contributed by atoms with Gasteiger partial charge < -0.3 is 14.8 Å². The quantitative estimate of drug-likeness (QED) is 0.425. The predicted octanol–water partition coefficient (Wildman–Crippen LogP) is 1.70. The second-order valence-electron chi connectivity index (χ2n) is 4.95. The van der Waals surface area contributed by atoms with Gasteiger partial charge in [-0.3, -0.25) is 15.0 Å². The van der Waals surface area contributed by atoms with Crippen LogP contribution in [0.2, 0.25) is 0 Å². The van der Waals surface area contributed by atoms with Crippen molar-refractivity contribution in [1.82, 2.24) is 5.43 Å². The Bertz CT molecular complexity index is 716. The van der Waals surface area contributed by atoms with Crippen molar-refractivity contribution in [1.29, 1.82) is 0 Å². The summed E-state index contributed by atoms with van der Waals surface area (Å²) in [7, 11) is 1.54. The van der Waals surface area contributed by atoms with Crippen LogP contribution in [0.4, 0.5) is 5.69 Å². The van der Waals surface area contributed by atoms with Crippen LogP contribution >= 0.6 is 0 Å². The lowest BCUT2D eigenvalue weighted by Crippen LogP contribution is -2.40. The first-order chi connectivity index (χ1) is 11.5. The van der Waals surface area contributed by atoms with E-state index in [0.717, 1.165) is 0 Å². The number of anilines is 1. The van der Waals surface area contributed by atoms with Crippen LogP contribution in [-0.2, 0) is 4.79 Å². The molecule has 4 N–H and O–H groups in total. The zero-order chi connectivity index (χ0) is 17.5. The molecule has 0 aromatic heterocycles.